The molecule has 3 rings (SSSR count). The Morgan fingerprint density at radius 1 is 1.10 bits per heavy atom. The summed E-state index contributed by atoms with van der Waals surface area (Å²) in [6, 6.07) is 3.47. The molecule has 2 fully saturated rings. The second kappa shape index (κ2) is 5.72. The quantitative estimate of drug-likeness (QED) is 0.909. The van der Waals surface area contributed by atoms with E-state index < -0.39 is 11.6 Å². The maximum atomic E-state index is 13.3. The molecule has 2 heterocycles. The summed E-state index contributed by atoms with van der Waals surface area (Å²) in [6.07, 6.45) is 3.60. The molecule has 1 amide bonds. The summed E-state index contributed by atoms with van der Waals surface area (Å²) in [5.41, 5.74) is 0.706. The zero-order chi connectivity index (χ0) is 14.9. The minimum Gasteiger partial charge on any atom is -0.338 e. The molecule has 2 saturated heterocycles. The van der Waals surface area contributed by atoms with Gasteiger partial charge >= 0.3 is 0 Å². The van der Waals surface area contributed by atoms with E-state index in [1.807, 2.05) is 0 Å². The molecule has 0 radical (unpaired) electrons. The third-order valence-corrected chi connectivity index (χ3v) is 4.71. The maximum Gasteiger partial charge on any atom is 0.222 e. The Bertz CT molecular complexity index is 521. The van der Waals surface area contributed by atoms with Crippen molar-refractivity contribution in [1.29, 1.82) is 0 Å². The van der Waals surface area contributed by atoms with Crippen LogP contribution in [0.15, 0.2) is 18.2 Å². The third kappa shape index (κ3) is 3.23. The fraction of sp³-hybridized carbons (Fsp3) is 0.562. The topological polar surface area (TPSA) is 32.3 Å². The van der Waals surface area contributed by atoms with Crippen LogP contribution in [0.2, 0.25) is 0 Å². The lowest BCUT2D eigenvalue weighted by Gasteiger charge is -2.45. The zero-order valence-electron chi connectivity index (χ0n) is 12.0. The molecule has 0 atom stereocenters. The average molecular weight is 294 g/mol. The first-order chi connectivity index (χ1) is 10.1. The van der Waals surface area contributed by atoms with Crippen LogP contribution in [0.3, 0.4) is 0 Å². The first-order valence-electron chi connectivity index (χ1n) is 7.50. The highest BCUT2D eigenvalue weighted by molar-refractivity contribution is 5.77. The summed E-state index contributed by atoms with van der Waals surface area (Å²) < 4.78 is 26.6. The van der Waals surface area contributed by atoms with E-state index in [0.29, 0.717) is 25.1 Å². The van der Waals surface area contributed by atoms with Gasteiger partial charge in [0.05, 0.1) is 0 Å². The molecule has 0 unspecified atom stereocenters. The zero-order valence-corrected chi connectivity index (χ0v) is 12.0. The van der Waals surface area contributed by atoms with E-state index in [9.17, 15) is 13.6 Å². The van der Waals surface area contributed by atoms with Crippen LogP contribution in [0.25, 0.3) is 0 Å². The van der Waals surface area contributed by atoms with Gasteiger partial charge in [0.25, 0.3) is 0 Å². The SMILES string of the molecule is O=C1CCC2(CCNCC2)CN1Cc1cc(F)cc(F)c1. The molecular formula is C16H20F2N2O. The third-order valence-electron chi connectivity index (χ3n) is 4.71. The van der Waals surface area contributed by atoms with Gasteiger partial charge in [0.2, 0.25) is 5.91 Å². The highest BCUT2D eigenvalue weighted by Gasteiger charge is 2.39. The minimum absolute atomic E-state index is 0.0869. The molecule has 0 aliphatic carbocycles. The number of hydrogen-bond acceptors (Lipinski definition) is 2. The van der Waals surface area contributed by atoms with Crippen LogP contribution in [0.4, 0.5) is 8.78 Å². The predicted octanol–water partition coefficient (Wildman–Crippen LogP) is 2.46. The van der Waals surface area contributed by atoms with E-state index >= 15 is 0 Å². The standard InChI is InChI=1S/C16H20F2N2O/c17-13-7-12(8-14(18)9-13)10-20-11-16(2-1-15(20)21)3-5-19-6-4-16/h7-9,19H,1-6,10-11H2. The Kier molecular flexibility index (Phi) is 3.93. The van der Waals surface area contributed by atoms with Crippen molar-refractivity contribution < 1.29 is 13.6 Å². The van der Waals surface area contributed by atoms with Crippen LogP contribution >= 0.6 is 0 Å². The molecule has 1 N–H and O–H groups in total. The van der Waals surface area contributed by atoms with Crippen LogP contribution in [0, 0.1) is 17.0 Å². The highest BCUT2D eigenvalue weighted by Crippen LogP contribution is 2.38. The Balaban J connectivity index is 1.74. The number of rotatable bonds is 2. The summed E-state index contributed by atoms with van der Waals surface area (Å²) in [5.74, 6) is -1.10. The van der Waals surface area contributed by atoms with Gasteiger partial charge in [0.1, 0.15) is 11.6 Å². The van der Waals surface area contributed by atoms with Crippen LogP contribution in [-0.4, -0.2) is 30.4 Å². The van der Waals surface area contributed by atoms with Crippen molar-refractivity contribution in [3.05, 3.63) is 35.4 Å². The molecule has 1 spiro atoms. The number of carbonyl (C=O) groups is 1. The lowest BCUT2D eigenvalue weighted by molar-refractivity contribution is -0.139. The molecule has 5 heteroatoms. The molecule has 0 saturated carbocycles. The lowest BCUT2D eigenvalue weighted by Crippen LogP contribution is -2.50. The second-order valence-corrected chi connectivity index (χ2v) is 6.28. The summed E-state index contributed by atoms with van der Waals surface area (Å²) in [6.45, 7) is 2.96. The number of carbonyl (C=O) groups excluding carboxylic acids is 1. The molecule has 3 nitrogen and oxygen atoms in total. The molecule has 0 bridgehead atoms. The Hall–Kier alpha value is -1.49. The van der Waals surface area contributed by atoms with E-state index in [4.69, 9.17) is 0 Å². The number of piperidine rings is 2. The van der Waals surface area contributed by atoms with E-state index in [2.05, 4.69) is 5.32 Å². The van der Waals surface area contributed by atoms with Crippen LogP contribution < -0.4 is 5.32 Å². The predicted molar refractivity (Wildman–Crippen MR) is 75.5 cm³/mol. The van der Waals surface area contributed by atoms with E-state index in [1.54, 1.807) is 4.90 Å². The van der Waals surface area contributed by atoms with E-state index in [0.717, 1.165) is 38.4 Å². The number of hydrogen-bond donors (Lipinski definition) is 1. The van der Waals surface area contributed by atoms with Gasteiger partial charge in [-0.25, -0.2) is 8.78 Å². The van der Waals surface area contributed by atoms with Crippen LogP contribution in [-0.2, 0) is 11.3 Å². The second-order valence-electron chi connectivity index (χ2n) is 6.28. The van der Waals surface area contributed by atoms with Gasteiger partial charge < -0.3 is 10.2 Å². The molecule has 1 aromatic carbocycles. The minimum atomic E-state index is -0.592. The van der Waals surface area contributed by atoms with Crippen molar-refractivity contribution in [3.8, 4) is 0 Å². The number of nitrogens with zero attached hydrogens (tertiary/aromatic N) is 1. The van der Waals surface area contributed by atoms with Crippen molar-refractivity contribution in [2.45, 2.75) is 32.2 Å². The van der Waals surface area contributed by atoms with Crippen molar-refractivity contribution in [2.75, 3.05) is 19.6 Å². The number of nitrogens with one attached hydrogen (secondary N) is 1. The van der Waals surface area contributed by atoms with Crippen LogP contribution in [0.5, 0.6) is 0 Å². The highest BCUT2D eigenvalue weighted by atomic mass is 19.1. The normalized spacial score (nSPS) is 21.8. The van der Waals surface area contributed by atoms with Crippen molar-refractivity contribution in [1.82, 2.24) is 10.2 Å². The number of amides is 1. The Labute approximate surface area is 123 Å². The summed E-state index contributed by atoms with van der Waals surface area (Å²) in [5, 5.41) is 3.34. The van der Waals surface area contributed by atoms with Crippen LogP contribution in [0.1, 0.15) is 31.2 Å². The fourth-order valence-electron chi connectivity index (χ4n) is 3.53. The number of benzene rings is 1. The fourth-order valence-corrected chi connectivity index (χ4v) is 3.53. The van der Waals surface area contributed by atoms with Crippen molar-refractivity contribution in [3.63, 3.8) is 0 Å². The average Bonchev–Trinajstić information content (AvgIpc) is 2.43. The maximum absolute atomic E-state index is 13.3. The van der Waals surface area contributed by atoms with Gasteiger partial charge in [-0.2, -0.15) is 0 Å². The van der Waals surface area contributed by atoms with E-state index in [-0.39, 0.29) is 11.3 Å². The molecule has 0 aromatic heterocycles. The molecule has 1 aromatic rings. The van der Waals surface area contributed by atoms with Gasteiger partial charge in [0.15, 0.2) is 0 Å². The molecule has 114 valence electrons. The molecule has 21 heavy (non-hydrogen) atoms. The first kappa shape index (κ1) is 14.4. The largest absolute Gasteiger partial charge is 0.338 e. The van der Waals surface area contributed by atoms with Crippen molar-refractivity contribution >= 4 is 5.91 Å². The summed E-state index contributed by atoms with van der Waals surface area (Å²) in [4.78, 5) is 13.9. The molecule has 2 aliphatic rings. The molecular weight excluding hydrogens is 274 g/mol. The van der Waals surface area contributed by atoms with Gasteiger partial charge in [-0.15, -0.1) is 0 Å². The van der Waals surface area contributed by atoms with E-state index in [1.165, 1.54) is 12.1 Å². The monoisotopic (exact) mass is 294 g/mol. The van der Waals surface area contributed by atoms with Gasteiger partial charge in [-0.05, 0) is 55.5 Å². The Morgan fingerprint density at radius 3 is 2.43 bits per heavy atom. The Morgan fingerprint density at radius 2 is 1.76 bits per heavy atom. The smallest absolute Gasteiger partial charge is 0.222 e. The number of halogens is 2. The van der Waals surface area contributed by atoms with Gasteiger partial charge in [-0.1, -0.05) is 0 Å². The first-order valence-corrected chi connectivity index (χ1v) is 7.50. The number of likely N-dealkylation sites (tertiary alicyclic amines) is 1. The summed E-state index contributed by atoms with van der Waals surface area (Å²) >= 11 is 0. The van der Waals surface area contributed by atoms with Crippen molar-refractivity contribution in [2.24, 2.45) is 5.41 Å². The van der Waals surface area contributed by atoms with Gasteiger partial charge in [-0.3, -0.25) is 4.79 Å². The summed E-state index contributed by atoms with van der Waals surface area (Å²) in [7, 11) is 0. The molecule has 2 aliphatic heterocycles. The van der Waals surface area contributed by atoms with Gasteiger partial charge in [0, 0.05) is 25.6 Å². The lowest BCUT2D eigenvalue weighted by atomic mass is 9.72.